The summed E-state index contributed by atoms with van der Waals surface area (Å²) in [6, 6.07) is 0. The van der Waals surface area contributed by atoms with Crippen LogP contribution in [0.2, 0.25) is 0 Å². The van der Waals surface area contributed by atoms with Crippen molar-refractivity contribution in [1.29, 1.82) is 0 Å². The zero-order chi connectivity index (χ0) is 65.6. The Labute approximate surface area is 542 Å². The molecule has 0 spiro atoms. The number of hydrogen-bond acceptors (Lipinski definition) is 15. The number of rotatable bonds is 68. The van der Waals surface area contributed by atoms with Gasteiger partial charge in [-0.05, 0) is 57.3 Å². The van der Waals surface area contributed by atoms with E-state index in [1.165, 1.54) is 135 Å². The van der Waals surface area contributed by atoms with E-state index in [1.54, 1.807) is 0 Å². The van der Waals surface area contributed by atoms with Crippen molar-refractivity contribution in [1.82, 2.24) is 0 Å². The molecule has 0 aliphatic carbocycles. The Balaban J connectivity index is 5.20. The molecule has 3 N–H and O–H groups in total. The average Bonchev–Trinajstić information content (AvgIpc) is 3.68. The van der Waals surface area contributed by atoms with Crippen LogP contribution in [0.15, 0.2) is 24.3 Å². The number of hydrogen-bond donors (Lipinski definition) is 3. The van der Waals surface area contributed by atoms with Gasteiger partial charge in [0.2, 0.25) is 0 Å². The molecule has 0 aromatic heterocycles. The number of carbonyl (C=O) groups excluding carboxylic acids is 4. The highest BCUT2D eigenvalue weighted by atomic mass is 31.2. The lowest BCUT2D eigenvalue weighted by Crippen LogP contribution is -2.30. The summed E-state index contributed by atoms with van der Waals surface area (Å²) in [4.78, 5) is 72.3. The molecule has 0 saturated carbocycles. The van der Waals surface area contributed by atoms with Crippen LogP contribution in [0.3, 0.4) is 0 Å². The highest BCUT2D eigenvalue weighted by Crippen LogP contribution is 2.45. The molecule has 17 nitrogen and oxygen atoms in total. The van der Waals surface area contributed by atoms with Gasteiger partial charge in [0.1, 0.15) is 19.3 Å². The van der Waals surface area contributed by atoms with Gasteiger partial charge in [-0.15, -0.1) is 0 Å². The van der Waals surface area contributed by atoms with Crippen molar-refractivity contribution in [3.05, 3.63) is 24.3 Å². The van der Waals surface area contributed by atoms with Gasteiger partial charge in [-0.1, -0.05) is 284 Å². The van der Waals surface area contributed by atoms with Gasteiger partial charge in [0.15, 0.2) is 12.2 Å². The molecule has 0 amide bonds. The van der Waals surface area contributed by atoms with E-state index in [4.69, 9.17) is 37.0 Å². The van der Waals surface area contributed by atoms with Gasteiger partial charge < -0.3 is 33.8 Å². The molecule has 19 heteroatoms. The fourth-order valence-corrected chi connectivity index (χ4v) is 11.7. The van der Waals surface area contributed by atoms with E-state index >= 15 is 0 Å². The smallest absolute Gasteiger partial charge is 0.462 e. The summed E-state index contributed by atoms with van der Waals surface area (Å²) < 4.78 is 68.0. The first-order chi connectivity index (χ1) is 43.0. The van der Waals surface area contributed by atoms with Crippen LogP contribution in [0.1, 0.15) is 336 Å². The summed E-state index contributed by atoms with van der Waals surface area (Å²) in [5, 5.41) is 10.6. The van der Waals surface area contributed by atoms with Crippen molar-refractivity contribution >= 4 is 39.5 Å². The molecular formula is C70H132O17P2. The molecule has 0 fully saturated rings. The van der Waals surface area contributed by atoms with E-state index in [2.05, 4.69) is 58.9 Å². The Kier molecular flexibility index (Phi) is 61.2. The van der Waals surface area contributed by atoms with Crippen molar-refractivity contribution in [2.75, 3.05) is 39.6 Å². The molecule has 2 unspecified atom stereocenters. The number of aliphatic hydroxyl groups excluding tert-OH is 1. The van der Waals surface area contributed by atoms with E-state index in [0.717, 1.165) is 121 Å². The Morgan fingerprint density at radius 3 is 0.921 bits per heavy atom. The van der Waals surface area contributed by atoms with E-state index in [-0.39, 0.29) is 25.7 Å². The number of allylic oxidation sites excluding steroid dienone is 4. The monoisotopic (exact) mass is 1310 g/mol. The quantitative estimate of drug-likeness (QED) is 0.0169. The van der Waals surface area contributed by atoms with Gasteiger partial charge >= 0.3 is 39.5 Å². The Morgan fingerprint density at radius 1 is 0.348 bits per heavy atom. The van der Waals surface area contributed by atoms with Crippen molar-refractivity contribution in [2.24, 2.45) is 5.92 Å². The third-order valence-corrected chi connectivity index (χ3v) is 17.6. The molecular weight excluding hydrogens is 1170 g/mol. The number of phosphoric acid groups is 2. The van der Waals surface area contributed by atoms with Gasteiger partial charge in [0.25, 0.3) is 0 Å². The van der Waals surface area contributed by atoms with Crippen LogP contribution in [0.25, 0.3) is 0 Å². The first-order valence-electron chi connectivity index (χ1n) is 36.0. The Bertz CT molecular complexity index is 1810. The summed E-state index contributed by atoms with van der Waals surface area (Å²) in [6.45, 7) is 7.08. The number of carbonyl (C=O) groups is 4. The fourth-order valence-electron chi connectivity index (χ4n) is 10.1. The SMILES string of the molecule is CCCCCC/C=C\C=C/CCCCCCCC(=O)OC[C@H](COP(=O)(O)OC[C@@H](O)COP(=O)(O)OC[C@@H](COC(=O)CCCCCCC)OC(=O)CCCCCCCCCCCCC(C)C)OC(=O)CCCCCCCCCCCCCCCCCC. The van der Waals surface area contributed by atoms with Gasteiger partial charge in [-0.25, -0.2) is 9.13 Å². The fraction of sp³-hybridized carbons (Fsp3) is 0.886. The number of aliphatic hydroxyl groups is 1. The zero-order valence-corrected chi connectivity index (χ0v) is 58.8. The predicted molar refractivity (Wildman–Crippen MR) is 358 cm³/mol. The van der Waals surface area contributed by atoms with Crippen molar-refractivity contribution in [3.63, 3.8) is 0 Å². The van der Waals surface area contributed by atoms with Crippen LogP contribution in [0.4, 0.5) is 0 Å². The minimum atomic E-state index is -4.96. The molecule has 0 saturated heterocycles. The molecule has 5 atom stereocenters. The molecule has 0 aliphatic rings. The molecule has 0 radical (unpaired) electrons. The lowest BCUT2D eigenvalue weighted by atomic mass is 10.0. The summed E-state index contributed by atoms with van der Waals surface area (Å²) in [5.74, 6) is -1.41. The third-order valence-electron chi connectivity index (χ3n) is 15.7. The molecule has 0 bridgehead atoms. The van der Waals surface area contributed by atoms with Crippen molar-refractivity contribution in [2.45, 2.75) is 355 Å². The molecule has 0 aromatic rings. The summed E-state index contributed by atoms with van der Waals surface area (Å²) in [7, 11) is -9.90. The number of ether oxygens (including phenoxy) is 4. The van der Waals surface area contributed by atoms with E-state index in [9.17, 15) is 43.2 Å². The number of phosphoric ester groups is 2. The minimum Gasteiger partial charge on any atom is -0.462 e. The Morgan fingerprint density at radius 2 is 0.607 bits per heavy atom. The number of unbranched alkanes of at least 4 members (excludes halogenated alkanes) is 37. The summed E-state index contributed by atoms with van der Waals surface area (Å²) >= 11 is 0. The lowest BCUT2D eigenvalue weighted by molar-refractivity contribution is -0.161. The molecule has 524 valence electrons. The third kappa shape index (κ3) is 64.1. The molecule has 0 heterocycles. The highest BCUT2D eigenvalue weighted by Gasteiger charge is 2.30. The second-order valence-corrected chi connectivity index (χ2v) is 28.0. The van der Waals surface area contributed by atoms with Crippen LogP contribution in [-0.4, -0.2) is 96.7 Å². The molecule has 0 aromatic carbocycles. The standard InChI is InChI=1S/C70H132O17P2/c1-6-9-12-15-17-19-21-23-25-27-29-31-36-40-45-50-55-70(75)87-66(60-81-68(73)54-49-44-39-35-30-28-26-24-22-20-18-16-13-10-7-2)62-85-89(78,79)83-58-64(71)57-82-88(76,77)84-61-65(59-80-67(72)53-48-42-14-11-8-3)86-69(74)56-51-46-41-37-33-32-34-38-43-47-52-63(4)5/h20,22,24,26,63-66,71H,6-19,21,23,25,27-62H2,1-5H3,(H,76,77)(H,78,79)/b22-20-,26-24-/t64-,65+,66+/m0/s1. The maximum Gasteiger partial charge on any atom is 0.472 e. The van der Waals surface area contributed by atoms with Gasteiger partial charge in [-0.2, -0.15) is 0 Å². The average molecular weight is 1310 g/mol. The Hall–Kier alpha value is -2.46. The largest absolute Gasteiger partial charge is 0.472 e. The van der Waals surface area contributed by atoms with E-state index in [0.29, 0.717) is 25.7 Å². The maximum atomic E-state index is 13.0. The number of esters is 4. The normalized spacial score (nSPS) is 14.3. The van der Waals surface area contributed by atoms with E-state index in [1.807, 2.05) is 0 Å². The summed E-state index contributed by atoms with van der Waals surface area (Å²) in [6.07, 6.45) is 52.5. The molecule has 0 aliphatic heterocycles. The van der Waals surface area contributed by atoms with Gasteiger partial charge in [0.05, 0.1) is 26.4 Å². The first kappa shape index (κ1) is 86.5. The minimum absolute atomic E-state index is 0.101. The van der Waals surface area contributed by atoms with Crippen LogP contribution < -0.4 is 0 Å². The highest BCUT2D eigenvalue weighted by molar-refractivity contribution is 7.47. The van der Waals surface area contributed by atoms with Gasteiger partial charge in [0, 0.05) is 25.7 Å². The van der Waals surface area contributed by atoms with Gasteiger partial charge in [-0.3, -0.25) is 37.3 Å². The lowest BCUT2D eigenvalue weighted by Gasteiger charge is -2.21. The first-order valence-corrected chi connectivity index (χ1v) is 38.9. The summed E-state index contributed by atoms with van der Waals surface area (Å²) in [5.41, 5.74) is 0. The van der Waals surface area contributed by atoms with Crippen LogP contribution in [0, 0.1) is 5.92 Å². The van der Waals surface area contributed by atoms with Crippen molar-refractivity contribution in [3.8, 4) is 0 Å². The topological polar surface area (TPSA) is 237 Å². The second kappa shape index (κ2) is 63.0. The van der Waals surface area contributed by atoms with Crippen molar-refractivity contribution < 1.29 is 80.2 Å². The predicted octanol–water partition coefficient (Wildman–Crippen LogP) is 19.7. The van der Waals surface area contributed by atoms with Crippen LogP contribution in [-0.2, 0) is 65.4 Å². The van der Waals surface area contributed by atoms with Crippen LogP contribution >= 0.6 is 15.6 Å². The maximum absolute atomic E-state index is 13.0. The van der Waals surface area contributed by atoms with E-state index < -0.39 is 97.5 Å². The molecule has 0 rings (SSSR count). The second-order valence-electron chi connectivity index (χ2n) is 25.1. The molecule has 89 heavy (non-hydrogen) atoms. The van der Waals surface area contributed by atoms with Crippen LogP contribution in [0.5, 0.6) is 0 Å². The zero-order valence-electron chi connectivity index (χ0n) is 57.0.